The fourth-order valence-electron chi connectivity index (χ4n) is 1.65. The van der Waals surface area contributed by atoms with Gasteiger partial charge in [-0.25, -0.2) is 0 Å². The molecule has 0 aliphatic carbocycles. The molecule has 0 aliphatic heterocycles. The summed E-state index contributed by atoms with van der Waals surface area (Å²) in [7, 11) is 0. The molecule has 3 N–H and O–H groups in total. The van der Waals surface area contributed by atoms with Crippen LogP contribution in [0.25, 0.3) is 0 Å². The maximum atomic E-state index is 12.6. The zero-order chi connectivity index (χ0) is 15.5. The van der Waals surface area contributed by atoms with Crippen molar-refractivity contribution in [3.63, 3.8) is 0 Å². The second kappa shape index (κ2) is 7.66. The average molecular weight is 325 g/mol. The molecule has 3 atom stereocenters. The molecule has 3 unspecified atom stereocenters. The summed E-state index contributed by atoms with van der Waals surface area (Å²) in [5, 5.41) is 2.67. The largest absolute Gasteiger partial charge is 0.416 e. The van der Waals surface area contributed by atoms with Crippen LogP contribution in [0.4, 0.5) is 13.2 Å². The Labute approximate surface area is 128 Å². The summed E-state index contributed by atoms with van der Waals surface area (Å²) >= 11 is 0. The lowest BCUT2D eigenvalue weighted by molar-refractivity contribution is -0.137. The average Bonchev–Trinajstić information content (AvgIpc) is 2.36. The Morgan fingerprint density at radius 1 is 1.24 bits per heavy atom. The number of nitrogens with two attached hydrogens (primary N) is 1. The Morgan fingerprint density at radius 3 is 2.29 bits per heavy atom. The highest BCUT2D eigenvalue weighted by molar-refractivity contribution is 5.85. The SMILES string of the molecule is CC(NC(=O)C(C)C(C)N)c1cccc(C(F)(F)F)c1.Cl. The van der Waals surface area contributed by atoms with Crippen LogP contribution < -0.4 is 11.1 Å². The predicted octanol–water partition coefficient (Wildman–Crippen LogP) is 3.29. The van der Waals surface area contributed by atoms with Crippen molar-refractivity contribution in [1.29, 1.82) is 0 Å². The number of benzene rings is 1. The van der Waals surface area contributed by atoms with E-state index in [1.165, 1.54) is 6.07 Å². The van der Waals surface area contributed by atoms with Crippen LogP contribution in [0.3, 0.4) is 0 Å². The summed E-state index contributed by atoms with van der Waals surface area (Å²) in [6.07, 6.45) is -4.39. The number of rotatable bonds is 4. The Hall–Kier alpha value is -1.27. The summed E-state index contributed by atoms with van der Waals surface area (Å²) < 4.78 is 37.9. The summed E-state index contributed by atoms with van der Waals surface area (Å²) in [6, 6.07) is 4.10. The van der Waals surface area contributed by atoms with Gasteiger partial charge < -0.3 is 11.1 Å². The molecule has 1 aromatic rings. The van der Waals surface area contributed by atoms with E-state index in [0.29, 0.717) is 5.56 Å². The van der Waals surface area contributed by atoms with Crippen LogP contribution in [0.1, 0.15) is 37.9 Å². The third-order valence-corrected chi connectivity index (χ3v) is 3.27. The van der Waals surface area contributed by atoms with E-state index in [2.05, 4.69) is 5.32 Å². The van der Waals surface area contributed by atoms with Gasteiger partial charge in [0.25, 0.3) is 0 Å². The molecule has 0 bridgehead atoms. The van der Waals surface area contributed by atoms with E-state index in [0.717, 1.165) is 12.1 Å². The molecule has 7 heteroatoms. The van der Waals surface area contributed by atoms with Crippen LogP contribution in [0, 0.1) is 5.92 Å². The van der Waals surface area contributed by atoms with Gasteiger partial charge in [0.1, 0.15) is 0 Å². The van der Waals surface area contributed by atoms with Crippen LogP contribution in [0.2, 0.25) is 0 Å². The quantitative estimate of drug-likeness (QED) is 0.893. The maximum Gasteiger partial charge on any atom is 0.416 e. The fraction of sp³-hybridized carbons (Fsp3) is 0.500. The minimum Gasteiger partial charge on any atom is -0.349 e. The number of hydrogen-bond acceptors (Lipinski definition) is 2. The highest BCUT2D eigenvalue weighted by atomic mass is 35.5. The van der Waals surface area contributed by atoms with Gasteiger partial charge in [-0.15, -0.1) is 12.4 Å². The molecule has 0 spiro atoms. The van der Waals surface area contributed by atoms with E-state index in [1.54, 1.807) is 26.8 Å². The maximum absolute atomic E-state index is 12.6. The predicted molar refractivity (Wildman–Crippen MR) is 78.1 cm³/mol. The van der Waals surface area contributed by atoms with Crippen LogP contribution in [-0.4, -0.2) is 11.9 Å². The minimum atomic E-state index is -4.39. The van der Waals surface area contributed by atoms with Gasteiger partial charge in [-0.2, -0.15) is 13.2 Å². The van der Waals surface area contributed by atoms with Crippen molar-refractivity contribution in [2.45, 2.75) is 39.0 Å². The van der Waals surface area contributed by atoms with Crippen molar-refractivity contribution in [3.05, 3.63) is 35.4 Å². The number of carbonyl (C=O) groups excluding carboxylic acids is 1. The molecule has 1 aromatic carbocycles. The molecule has 0 heterocycles. The Kier molecular flexibility index (Phi) is 7.19. The first kappa shape index (κ1) is 19.7. The third-order valence-electron chi connectivity index (χ3n) is 3.27. The molecule has 0 saturated heterocycles. The van der Waals surface area contributed by atoms with E-state index in [-0.39, 0.29) is 24.4 Å². The number of nitrogens with one attached hydrogen (secondary N) is 1. The number of amides is 1. The number of carbonyl (C=O) groups is 1. The third kappa shape index (κ3) is 5.55. The Bertz CT molecular complexity index is 478. The number of halogens is 4. The second-order valence-electron chi connectivity index (χ2n) is 5.00. The molecule has 120 valence electrons. The number of alkyl halides is 3. The zero-order valence-electron chi connectivity index (χ0n) is 12.1. The van der Waals surface area contributed by atoms with Crippen molar-refractivity contribution >= 4 is 18.3 Å². The lowest BCUT2D eigenvalue weighted by Gasteiger charge is -2.20. The van der Waals surface area contributed by atoms with Gasteiger partial charge in [0, 0.05) is 12.0 Å². The Morgan fingerprint density at radius 2 is 1.81 bits per heavy atom. The van der Waals surface area contributed by atoms with Crippen molar-refractivity contribution < 1.29 is 18.0 Å². The summed E-state index contributed by atoms with van der Waals surface area (Å²) in [5.74, 6) is -0.673. The number of hydrogen-bond donors (Lipinski definition) is 2. The Balaban J connectivity index is 0.00000400. The lowest BCUT2D eigenvalue weighted by Crippen LogP contribution is -2.39. The van der Waals surface area contributed by atoms with Crippen LogP contribution in [0.5, 0.6) is 0 Å². The van der Waals surface area contributed by atoms with Gasteiger partial charge in [-0.05, 0) is 31.5 Å². The topological polar surface area (TPSA) is 55.1 Å². The molecule has 0 saturated carbocycles. The summed E-state index contributed by atoms with van der Waals surface area (Å²) in [5.41, 5.74) is 5.30. The van der Waals surface area contributed by atoms with Gasteiger partial charge >= 0.3 is 6.18 Å². The summed E-state index contributed by atoms with van der Waals surface area (Å²) in [6.45, 7) is 5.03. The normalized spacial score (nSPS) is 15.6. The minimum absolute atomic E-state index is 0. The monoisotopic (exact) mass is 324 g/mol. The molecule has 0 radical (unpaired) electrons. The molecule has 1 amide bonds. The molecular formula is C14H20ClF3N2O. The van der Waals surface area contributed by atoms with E-state index < -0.39 is 23.7 Å². The highest BCUT2D eigenvalue weighted by Crippen LogP contribution is 2.30. The van der Waals surface area contributed by atoms with Gasteiger partial charge in [-0.3, -0.25) is 4.79 Å². The van der Waals surface area contributed by atoms with Gasteiger partial charge in [0.05, 0.1) is 11.6 Å². The first-order chi connectivity index (χ1) is 9.12. The molecule has 3 nitrogen and oxygen atoms in total. The molecule has 0 aliphatic rings. The standard InChI is InChI=1S/C14H19F3N2O.ClH/c1-8(9(2)18)13(20)19-10(3)11-5-4-6-12(7-11)14(15,16)17;/h4-10H,18H2,1-3H3,(H,19,20);1H. The van der Waals surface area contributed by atoms with E-state index >= 15 is 0 Å². The molecule has 21 heavy (non-hydrogen) atoms. The molecule has 0 aromatic heterocycles. The van der Waals surface area contributed by atoms with Gasteiger partial charge in [0.2, 0.25) is 5.91 Å². The first-order valence-corrected chi connectivity index (χ1v) is 6.36. The van der Waals surface area contributed by atoms with Gasteiger partial charge in [0.15, 0.2) is 0 Å². The lowest BCUT2D eigenvalue weighted by atomic mass is 10.0. The van der Waals surface area contributed by atoms with Crippen molar-refractivity contribution in [2.24, 2.45) is 11.7 Å². The second-order valence-corrected chi connectivity index (χ2v) is 5.00. The van der Waals surface area contributed by atoms with Crippen LogP contribution in [0.15, 0.2) is 24.3 Å². The molecule has 1 rings (SSSR count). The zero-order valence-corrected chi connectivity index (χ0v) is 12.9. The van der Waals surface area contributed by atoms with Crippen molar-refractivity contribution in [2.75, 3.05) is 0 Å². The summed E-state index contributed by atoms with van der Waals surface area (Å²) in [4.78, 5) is 11.8. The van der Waals surface area contributed by atoms with Crippen molar-refractivity contribution in [1.82, 2.24) is 5.32 Å². The fourth-order valence-corrected chi connectivity index (χ4v) is 1.65. The van der Waals surface area contributed by atoms with E-state index in [4.69, 9.17) is 5.73 Å². The molecular weight excluding hydrogens is 305 g/mol. The van der Waals surface area contributed by atoms with Gasteiger partial charge in [-0.1, -0.05) is 19.1 Å². The first-order valence-electron chi connectivity index (χ1n) is 6.36. The van der Waals surface area contributed by atoms with Crippen LogP contribution in [-0.2, 0) is 11.0 Å². The van der Waals surface area contributed by atoms with Crippen molar-refractivity contribution in [3.8, 4) is 0 Å². The van der Waals surface area contributed by atoms with E-state index in [9.17, 15) is 18.0 Å². The van der Waals surface area contributed by atoms with Crippen LogP contribution >= 0.6 is 12.4 Å². The smallest absolute Gasteiger partial charge is 0.349 e. The molecule has 0 fully saturated rings. The highest BCUT2D eigenvalue weighted by Gasteiger charge is 2.31. The van der Waals surface area contributed by atoms with E-state index in [1.807, 2.05) is 0 Å².